The van der Waals surface area contributed by atoms with E-state index >= 15 is 0 Å². The zero-order valence-corrected chi connectivity index (χ0v) is 7.84. The van der Waals surface area contributed by atoms with Gasteiger partial charge in [0.1, 0.15) is 0 Å². The number of rotatable bonds is 1. The van der Waals surface area contributed by atoms with Gasteiger partial charge in [-0.15, -0.1) is 0 Å². The summed E-state index contributed by atoms with van der Waals surface area (Å²) in [5, 5.41) is 18.8. The number of hydrogen-bond acceptors (Lipinski definition) is 3. The molecule has 3 unspecified atom stereocenters. The van der Waals surface area contributed by atoms with Gasteiger partial charge in [-0.25, -0.2) is 0 Å². The largest absolute Gasteiger partial charge is 0.393 e. The fourth-order valence-electron chi connectivity index (χ4n) is 1.76. The van der Waals surface area contributed by atoms with E-state index in [-0.39, 0.29) is 6.10 Å². The highest BCUT2D eigenvalue weighted by Crippen LogP contribution is 2.30. The van der Waals surface area contributed by atoms with Crippen LogP contribution in [-0.4, -0.2) is 22.6 Å². The van der Waals surface area contributed by atoms with Crippen molar-refractivity contribution in [3.05, 3.63) is 35.9 Å². The molecule has 0 spiro atoms. The first kappa shape index (κ1) is 9.65. The highest BCUT2D eigenvalue weighted by Gasteiger charge is 2.27. The molecule has 76 valence electrons. The quantitative estimate of drug-likeness (QED) is 0.706. The molecule has 0 aliphatic carbocycles. The standard InChI is InChI=1S/C11H14O3/c12-9-6-10(14-11(13)7-9)8-4-2-1-3-5-8/h1-5,9-13H,6-7H2. The third-order valence-corrected chi connectivity index (χ3v) is 2.45. The molecule has 1 aliphatic heterocycles. The van der Waals surface area contributed by atoms with E-state index in [1.807, 2.05) is 30.3 Å². The van der Waals surface area contributed by atoms with Crippen LogP contribution < -0.4 is 0 Å². The molecule has 0 amide bonds. The third kappa shape index (κ3) is 2.12. The van der Waals surface area contributed by atoms with Crippen LogP contribution >= 0.6 is 0 Å². The average Bonchev–Trinajstić information content (AvgIpc) is 2.18. The Balaban J connectivity index is 2.11. The van der Waals surface area contributed by atoms with Crippen molar-refractivity contribution >= 4 is 0 Å². The lowest BCUT2D eigenvalue weighted by Gasteiger charge is -2.30. The maximum Gasteiger partial charge on any atom is 0.157 e. The molecule has 1 fully saturated rings. The predicted molar refractivity (Wildman–Crippen MR) is 51.5 cm³/mol. The number of benzene rings is 1. The second-order valence-corrected chi connectivity index (χ2v) is 3.62. The third-order valence-electron chi connectivity index (χ3n) is 2.45. The molecule has 3 heteroatoms. The molecule has 0 aromatic heterocycles. The average molecular weight is 194 g/mol. The van der Waals surface area contributed by atoms with Gasteiger partial charge in [0, 0.05) is 12.8 Å². The molecule has 3 nitrogen and oxygen atoms in total. The van der Waals surface area contributed by atoms with Crippen LogP contribution in [0.1, 0.15) is 24.5 Å². The monoisotopic (exact) mass is 194 g/mol. The topological polar surface area (TPSA) is 49.7 Å². The molecule has 0 radical (unpaired) electrons. The molecule has 3 atom stereocenters. The lowest BCUT2D eigenvalue weighted by atomic mass is 9.99. The van der Waals surface area contributed by atoms with Gasteiger partial charge in [0.2, 0.25) is 0 Å². The van der Waals surface area contributed by atoms with E-state index < -0.39 is 12.4 Å². The zero-order valence-electron chi connectivity index (χ0n) is 7.84. The Morgan fingerprint density at radius 2 is 1.79 bits per heavy atom. The molecule has 0 bridgehead atoms. The minimum atomic E-state index is -0.844. The van der Waals surface area contributed by atoms with Gasteiger partial charge < -0.3 is 14.9 Å². The smallest absolute Gasteiger partial charge is 0.157 e. The van der Waals surface area contributed by atoms with Crippen molar-refractivity contribution in [2.24, 2.45) is 0 Å². The SMILES string of the molecule is OC1CC(O)OC(c2ccccc2)C1. The molecule has 14 heavy (non-hydrogen) atoms. The van der Waals surface area contributed by atoms with Crippen molar-refractivity contribution in [1.29, 1.82) is 0 Å². The first-order valence-corrected chi connectivity index (χ1v) is 4.82. The van der Waals surface area contributed by atoms with Crippen LogP contribution in [0.15, 0.2) is 30.3 Å². The summed E-state index contributed by atoms with van der Waals surface area (Å²) in [7, 11) is 0. The summed E-state index contributed by atoms with van der Waals surface area (Å²) in [5.74, 6) is 0. The summed E-state index contributed by atoms with van der Waals surface area (Å²) in [4.78, 5) is 0. The van der Waals surface area contributed by atoms with E-state index in [0.717, 1.165) is 5.56 Å². The van der Waals surface area contributed by atoms with Gasteiger partial charge in [0.25, 0.3) is 0 Å². The lowest BCUT2D eigenvalue weighted by Crippen LogP contribution is -2.30. The highest BCUT2D eigenvalue weighted by molar-refractivity contribution is 5.18. The van der Waals surface area contributed by atoms with Gasteiger partial charge >= 0.3 is 0 Å². The number of hydrogen-bond donors (Lipinski definition) is 2. The Hall–Kier alpha value is -0.900. The maximum absolute atomic E-state index is 9.47. The fourth-order valence-corrected chi connectivity index (χ4v) is 1.76. The lowest BCUT2D eigenvalue weighted by molar-refractivity contribution is -0.191. The number of ether oxygens (including phenoxy) is 1. The van der Waals surface area contributed by atoms with Crippen molar-refractivity contribution < 1.29 is 14.9 Å². The van der Waals surface area contributed by atoms with Gasteiger partial charge in [-0.05, 0) is 5.56 Å². The van der Waals surface area contributed by atoms with Crippen LogP contribution in [0.25, 0.3) is 0 Å². The van der Waals surface area contributed by atoms with Crippen LogP contribution in [0.5, 0.6) is 0 Å². The van der Waals surface area contributed by atoms with Gasteiger partial charge in [0.05, 0.1) is 12.2 Å². The van der Waals surface area contributed by atoms with Crippen LogP contribution in [0.2, 0.25) is 0 Å². The minimum Gasteiger partial charge on any atom is -0.393 e. The normalized spacial score (nSPS) is 32.9. The molecular weight excluding hydrogens is 180 g/mol. The number of aliphatic hydroxyl groups excluding tert-OH is 2. The van der Waals surface area contributed by atoms with Crippen molar-refractivity contribution in [1.82, 2.24) is 0 Å². The second-order valence-electron chi connectivity index (χ2n) is 3.62. The maximum atomic E-state index is 9.47. The van der Waals surface area contributed by atoms with Gasteiger partial charge in [-0.2, -0.15) is 0 Å². The zero-order chi connectivity index (χ0) is 9.97. The van der Waals surface area contributed by atoms with Crippen molar-refractivity contribution in [3.8, 4) is 0 Å². The van der Waals surface area contributed by atoms with Crippen LogP contribution in [0.4, 0.5) is 0 Å². The Morgan fingerprint density at radius 1 is 1.07 bits per heavy atom. The molecule has 1 heterocycles. The molecule has 1 saturated heterocycles. The summed E-state index contributed by atoms with van der Waals surface area (Å²) in [6.45, 7) is 0. The Morgan fingerprint density at radius 3 is 2.43 bits per heavy atom. The fraction of sp³-hybridized carbons (Fsp3) is 0.455. The minimum absolute atomic E-state index is 0.185. The Kier molecular flexibility index (Phi) is 2.82. The molecule has 0 saturated carbocycles. The Bertz CT molecular complexity index is 276. The van der Waals surface area contributed by atoms with E-state index in [0.29, 0.717) is 12.8 Å². The van der Waals surface area contributed by atoms with E-state index in [1.54, 1.807) is 0 Å². The van der Waals surface area contributed by atoms with E-state index in [2.05, 4.69) is 0 Å². The molecule has 2 N–H and O–H groups in total. The highest BCUT2D eigenvalue weighted by atomic mass is 16.6. The van der Waals surface area contributed by atoms with Crippen LogP contribution in [0.3, 0.4) is 0 Å². The van der Waals surface area contributed by atoms with Gasteiger partial charge in [-0.1, -0.05) is 30.3 Å². The van der Waals surface area contributed by atoms with E-state index in [1.165, 1.54) is 0 Å². The van der Waals surface area contributed by atoms with Crippen molar-refractivity contribution in [2.75, 3.05) is 0 Å². The first-order chi connectivity index (χ1) is 6.75. The van der Waals surface area contributed by atoms with Crippen molar-refractivity contribution in [3.63, 3.8) is 0 Å². The second kappa shape index (κ2) is 4.09. The summed E-state index contributed by atoms with van der Waals surface area (Å²) in [6, 6.07) is 9.65. The van der Waals surface area contributed by atoms with E-state index in [4.69, 9.17) is 4.74 Å². The molecule has 2 rings (SSSR count). The van der Waals surface area contributed by atoms with Crippen LogP contribution in [-0.2, 0) is 4.74 Å². The summed E-state index contributed by atoms with van der Waals surface area (Å²) >= 11 is 0. The summed E-state index contributed by atoms with van der Waals surface area (Å²) in [6.07, 6.45) is -0.632. The van der Waals surface area contributed by atoms with E-state index in [9.17, 15) is 10.2 Å². The Labute approximate surface area is 83.0 Å². The van der Waals surface area contributed by atoms with Gasteiger partial charge in [0.15, 0.2) is 6.29 Å². The van der Waals surface area contributed by atoms with Crippen LogP contribution in [0, 0.1) is 0 Å². The molecule has 1 aromatic rings. The molecule has 1 aromatic carbocycles. The van der Waals surface area contributed by atoms with Crippen molar-refractivity contribution in [2.45, 2.75) is 31.3 Å². The molecular formula is C11H14O3. The summed E-state index contributed by atoms with van der Waals surface area (Å²) < 4.78 is 5.34. The predicted octanol–water partition coefficient (Wildman–Crippen LogP) is 1.22. The first-order valence-electron chi connectivity index (χ1n) is 4.82. The molecule has 1 aliphatic rings. The summed E-state index contributed by atoms with van der Waals surface area (Å²) in [5.41, 5.74) is 1.00. The van der Waals surface area contributed by atoms with Gasteiger partial charge in [-0.3, -0.25) is 0 Å². The number of aliphatic hydroxyl groups is 2.